The summed E-state index contributed by atoms with van der Waals surface area (Å²) in [4.78, 5) is 22.3. The lowest BCUT2D eigenvalue weighted by atomic mass is 10.2. The number of halogens is 2. The second kappa shape index (κ2) is 8.04. The normalized spacial score (nSPS) is 10.4. The smallest absolute Gasteiger partial charge is 0.387 e. The van der Waals surface area contributed by atoms with Crippen molar-refractivity contribution in [2.24, 2.45) is 0 Å². The first-order valence-corrected chi connectivity index (χ1v) is 7.19. The van der Waals surface area contributed by atoms with Crippen LogP contribution in [-0.2, 0) is 4.79 Å². The predicted molar refractivity (Wildman–Crippen MR) is 88.0 cm³/mol. The van der Waals surface area contributed by atoms with Crippen LogP contribution in [-0.4, -0.2) is 24.0 Å². The van der Waals surface area contributed by atoms with Gasteiger partial charge in [-0.15, -0.1) is 0 Å². The summed E-state index contributed by atoms with van der Waals surface area (Å²) in [5.74, 6) is -0.673. The monoisotopic (exact) mass is 351 g/mol. The van der Waals surface area contributed by atoms with Crippen LogP contribution in [0.25, 0.3) is 0 Å². The lowest BCUT2D eigenvalue weighted by molar-refractivity contribution is -0.384. The fourth-order valence-corrected chi connectivity index (χ4v) is 2.05. The average molecular weight is 351 g/mol. The Bertz CT molecular complexity index is 784. The number of hydrogen-bond acceptors (Lipinski definition) is 5. The average Bonchev–Trinajstić information content (AvgIpc) is 2.55. The molecule has 0 saturated heterocycles. The molecule has 2 rings (SSSR count). The van der Waals surface area contributed by atoms with Gasteiger partial charge in [0.05, 0.1) is 17.2 Å². The number of hydrogen-bond donors (Lipinski definition) is 2. The van der Waals surface area contributed by atoms with E-state index in [1.54, 1.807) is 19.1 Å². The highest BCUT2D eigenvalue weighted by molar-refractivity contribution is 5.95. The van der Waals surface area contributed by atoms with Gasteiger partial charge in [-0.1, -0.05) is 18.2 Å². The van der Waals surface area contributed by atoms with E-state index in [4.69, 9.17) is 0 Å². The maximum Gasteiger partial charge on any atom is 0.387 e. The number of amides is 1. The van der Waals surface area contributed by atoms with Crippen molar-refractivity contribution in [3.63, 3.8) is 0 Å². The molecule has 2 aromatic carbocycles. The lowest BCUT2D eigenvalue weighted by Crippen LogP contribution is -2.22. The van der Waals surface area contributed by atoms with Gasteiger partial charge < -0.3 is 15.4 Å². The molecule has 0 aromatic heterocycles. The number of nitro benzene ring substituents is 1. The molecule has 0 unspecified atom stereocenters. The molecule has 0 fully saturated rings. The van der Waals surface area contributed by atoms with Crippen molar-refractivity contribution in [3.8, 4) is 5.75 Å². The van der Waals surface area contributed by atoms with Gasteiger partial charge in [-0.3, -0.25) is 14.9 Å². The fourth-order valence-electron chi connectivity index (χ4n) is 2.05. The number of carbonyl (C=O) groups excluding carboxylic acids is 1. The van der Waals surface area contributed by atoms with E-state index in [9.17, 15) is 23.7 Å². The number of rotatable bonds is 7. The quantitative estimate of drug-likeness (QED) is 0.588. The number of aryl methyl sites for hydroxylation is 1. The van der Waals surface area contributed by atoms with Crippen molar-refractivity contribution in [3.05, 3.63) is 58.1 Å². The zero-order valence-electron chi connectivity index (χ0n) is 13.2. The van der Waals surface area contributed by atoms with Crippen LogP contribution in [0.5, 0.6) is 5.75 Å². The molecule has 0 spiro atoms. The molecule has 0 aliphatic heterocycles. The van der Waals surface area contributed by atoms with Gasteiger partial charge in [-0.2, -0.15) is 8.78 Å². The molecule has 25 heavy (non-hydrogen) atoms. The Morgan fingerprint density at radius 3 is 2.64 bits per heavy atom. The van der Waals surface area contributed by atoms with Crippen LogP contribution in [0.15, 0.2) is 42.5 Å². The molecule has 1 amide bonds. The molecular formula is C16H15F2N3O4. The summed E-state index contributed by atoms with van der Waals surface area (Å²) in [6.45, 7) is -1.48. The number of alkyl halides is 2. The van der Waals surface area contributed by atoms with Crippen LogP contribution in [0.3, 0.4) is 0 Å². The standard InChI is InChI=1S/C16H15F2N3O4/c1-10-6-7-11(21(23)24)8-13(10)19-9-15(22)20-12-4-2-3-5-14(12)25-16(17)18/h2-8,16,19H,9H2,1H3,(H,20,22). The molecule has 0 aliphatic carbocycles. The zero-order chi connectivity index (χ0) is 18.4. The number of ether oxygens (including phenoxy) is 1. The molecule has 9 heteroatoms. The van der Waals surface area contributed by atoms with Gasteiger partial charge in [-0.05, 0) is 24.6 Å². The van der Waals surface area contributed by atoms with Crippen molar-refractivity contribution in [2.45, 2.75) is 13.5 Å². The van der Waals surface area contributed by atoms with Crippen molar-refractivity contribution < 1.29 is 23.2 Å². The summed E-state index contributed by atoms with van der Waals surface area (Å²) in [5, 5.41) is 16.0. The molecule has 0 saturated carbocycles. The summed E-state index contributed by atoms with van der Waals surface area (Å²) in [6.07, 6.45) is 0. The Labute approximate surface area is 141 Å². The number of non-ortho nitro benzene ring substituents is 1. The van der Waals surface area contributed by atoms with Gasteiger partial charge in [0.25, 0.3) is 5.69 Å². The van der Waals surface area contributed by atoms with Crippen molar-refractivity contribution >= 4 is 23.0 Å². The van der Waals surface area contributed by atoms with E-state index in [1.165, 1.54) is 30.3 Å². The number of carbonyl (C=O) groups is 1. The van der Waals surface area contributed by atoms with Gasteiger partial charge in [0.15, 0.2) is 0 Å². The molecule has 132 valence electrons. The molecule has 0 radical (unpaired) electrons. The maximum atomic E-state index is 12.4. The number of anilines is 2. The van der Waals surface area contributed by atoms with E-state index in [-0.39, 0.29) is 23.7 Å². The number of para-hydroxylation sites is 2. The van der Waals surface area contributed by atoms with E-state index >= 15 is 0 Å². The Balaban J connectivity index is 2.02. The number of benzene rings is 2. The summed E-state index contributed by atoms with van der Waals surface area (Å²) in [6, 6.07) is 10.0. The third-order valence-electron chi connectivity index (χ3n) is 3.25. The molecule has 2 N–H and O–H groups in total. The highest BCUT2D eigenvalue weighted by Gasteiger charge is 2.13. The third-order valence-corrected chi connectivity index (χ3v) is 3.25. The van der Waals surface area contributed by atoms with E-state index < -0.39 is 17.4 Å². The van der Waals surface area contributed by atoms with Crippen LogP contribution < -0.4 is 15.4 Å². The van der Waals surface area contributed by atoms with Crippen LogP contribution in [0.1, 0.15) is 5.56 Å². The Kier molecular flexibility index (Phi) is 5.83. The first-order valence-electron chi connectivity index (χ1n) is 7.19. The SMILES string of the molecule is Cc1ccc([N+](=O)[O-])cc1NCC(=O)Nc1ccccc1OC(F)F. The van der Waals surface area contributed by atoms with Crippen LogP contribution in [0, 0.1) is 17.0 Å². The van der Waals surface area contributed by atoms with Crippen molar-refractivity contribution in [1.29, 1.82) is 0 Å². The van der Waals surface area contributed by atoms with Crippen LogP contribution in [0.2, 0.25) is 0 Å². The molecule has 0 heterocycles. The molecular weight excluding hydrogens is 336 g/mol. The van der Waals surface area contributed by atoms with E-state index in [0.29, 0.717) is 5.69 Å². The van der Waals surface area contributed by atoms with Crippen LogP contribution >= 0.6 is 0 Å². The summed E-state index contributed by atoms with van der Waals surface area (Å²) in [5.41, 5.74) is 1.15. The topological polar surface area (TPSA) is 93.5 Å². The first kappa shape index (κ1) is 18.1. The van der Waals surface area contributed by atoms with E-state index in [1.807, 2.05) is 0 Å². The fraction of sp³-hybridized carbons (Fsp3) is 0.188. The van der Waals surface area contributed by atoms with Gasteiger partial charge in [0, 0.05) is 17.8 Å². The Morgan fingerprint density at radius 2 is 1.96 bits per heavy atom. The molecule has 0 bridgehead atoms. The minimum Gasteiger partial charge on any atom is -0.433 e. The summed E-state index contributed by atoms with van der Waals surface area (Å²) >= 11 is 0. The number of nitro groups is 1. The molecule has 0 atom stereocenters. The van der Waals surface area contributed by atoms with E-state index in [2.05, 4.69) is 15.4 Å². The first-order chi connectivity index (χ1) is 11.9. The second-order valence-corrected chi connectivity index (χ2v) is 5.03. The van der Waals surface area contributed by atoms with Crippen LogP contribution in [0.4, 0.5) is 25.8 Å². The highest BCUT2D eigenvalue weighted by Crippen LogP contribution is 2.25. The molecule has 7 nitrogen and oxygen atoms in total. The highest BCUT2D eigenvalue weighted by atomic mass is 19.3. The van der Waals surface area contributed by atoms with Gasteiger partial charge in [0.1, 0.15) is 5.75 Å². The second-order valence-electron chi connectivity index (χ2n) is 5.03. The predicted octanol–water partition coefficient (Wildman–Crippen LogP) is 3.56. The maximum absolute atomic E-state index is 12.4. The minimum atomic E-state index is -3.01. The zero-order valence-corrected chi connectivity index (χ0v) is 13.2. The van der Waals surface area contributed by atoms with Gasteiger partial charge >= 0.3 is 6.61 Å². The molecule has 2 aromatic rings. The Hall–Kier alpha value is -3.23. The third kappa shape index (κ3) is 5.13. The van der Waals surface area contributed by atoms with Crippen molar-refractivity contribution in [1.82, 2.24) is 0 Å². The number of nitrogens with zero attached hydrogens (tertiary/aromatic N) is 1. The number of nitrogens with one attached hydrogen (secondary N) is 2. The largest absolute Gasteiger partial charge is 0.433 e. The summed E-state index contributed by atoms with van der Waals surface area (Å²) < 4.78 is 29.0. The minimum absolute atomic E-state index is 0.102. The lowest BCUT2D eigenvalue weighted by Gasteiger charge is -2.13. The Morgan fingerprint density at radius 1 is 1.24 bits per heavy atom. The van der Waals surface area contributed by atoms with E-state index in [0.717, 1.165) is 5.56 Å². The van der Waals surface area contributed by atoms with Gasteiger partial charge in [-0.25, -0.2) is 0 Å². The van der Waals surface area contributed by atoms with Gasteiger partial charge in [0.2, 0.25) is 5.91 Å². The summed E-state index contributed by atoms with van der Waals surface area (Å²) in [7, 11) is 0. The molecule has 0 aliphatic rings. The van der Waals surface area contributed by atoms with Crippen molar-refractivity contribution in [2.75, 3.05) is 17.2 Å².